The van der Waals surface area contributed by atoms with Crippen LogP contribution in [0.2, 0.25) is 0 Å². The highest BCUT2D eigenvalue weighted by molar-refractivity contribution is 9.10. The molecule has 11 nitrogen and oxygen atoms in total. The van der Waals surface area contributed by atoms with E-state index in [1.165, 1.54) is 18.2 Å². The lowest BCUT2D eigenvalue weighted by Gasteiger charge is -2.11. The zero-order chi connectivity index (χ0) is 26.7. The van der Waals surface area contributed by atoms with Gasteiger partial charge < -0.3 is 4.74 Å². The van der Waals surface area contributed by atoms with Crippen LogP contribution in [0.15, 0.2) is 76.1 Å². The Morgan fingerprint density at radius 2 is 1.65 bits per heavy atom. The van der Waals surface area contributed by atoms with E-state index in [4.69, 9.17) is 4.74 Å². The number of hydrogen-bond donors (Lipinski definition) is 0. The Morgan fingerprint density at radius 3 is 2.27 bits per heavy atom. The van der Waals surface area contributed by atoms with Gasteiger partial charge in [0.05, 0.1) is 27.4 Å². The number of hydrogen-bond acceptors (Lipinski definition) is 9. The van der Waals surface area contributed by atoms with Crippen molar-refractivity contribution < 1.29 is 29.0 Å². The van der Waals surface area contributed by atoms with Crippen molar-refractivity contribution in [2.24, 2.45) is 0 Å². The van der Waals surface area contributed by atoms with E-state index in [0.717, 1.165) is 27.6 Å². The van der Waals surface area contributed by atoms with Gasteiger partial charge in [-0.15, -0.1) is 0 Å². The van der Waals surface area contributed by atoms with Gasteiger partial charge in [0.15, 0.2) is 5.78 Å². The lowest BCUT2D eigenvalue weighted by atomic mass is 10.1. The van der Waals surface area contributed by atoms with E-state index < -0.39 is 32.4 Å². The maximum absolute atomic E-state index is 12.7. The fraction of sp³-hybridized carbons (Fsp3) is 0.0417. The first kappa shape index (κ1) is 25.7. The van der Waals surface area contributed by atoms with Crippen molar-refractivity contribution in [3.8, 4) is 11.5 Å². The molecule has 0 aliphatic carbocycles. The first-order valence-corrected chi connectivity index (χ1v) is 12.0. The summed E-state index contributed by atoms with van der Waals surface area (Å²) >= 11 is 3.99. The highest BCUT2D eigenvalue weighted by atomic mass is 79.9. The summed E-state index contributed by atoms with van der Waals surface area (Å²) in [6.07, 6.45) is 1.48. The van der Waals surface area contributed by atoms with Crippen LogP contribution < -0.4 is 4.74 Å². The van der Waals surface area contributed by atoms with Crippen molar-refractivity contribution in [2.45, 2.75) is 0 Å². The number of benzene rings is 3. The minimum absolute atomic E-state index is 0.133. The Morgan fingerprint density at radius 1 is 0.973 bits per heavy atom. The largest absolute Gasteiger partial charge is 0.450 e. The number of thioether (sulfide) groups is 1. The molecule has 3 aromatic rings. The molecule has 3 aromatic carbocycles. The second-order valence-electron chi connectivity index (χ2n) is 7.54. The van der Waals surface area contributed by atoms with Crippen LogP contribution in [0, 0.1) is 20.2 Å². The van der Waals surface area contributed by atoms with E-state index >= 15 is 0 Å². The number of amides is 2. The highest BCUT2D eigenvalue weighted by Crippen LogP contribution is 2.35. The molecule has 1 aliphatic heterocycles. The zero-order valence-corrected chi connectivity index (χ0v) is 20.9. The lowest BCUT2D eigenvalue weighted by molar-refractivity contribution is -0.394. The van der Waals surface area contributed by atoms with Gasteiger partial charge in [0.1, 0.15) is 5.75 Å². The van der Waals surface area contributed by atoms with Crippen LogP contribution in [-0.2, 0) is 4.79 Å². The van der Waals surface area contributed by atoms with Gasteiger partial charge in [0.2, 0.25) is 5.75 Å². The fourth-order valence-corrected chi connectivity index (χ4v) is 4.37. The summed E-state index contributed by atoms with van der Waals surface area (Å²) in [5.41, 5.74) is -0.100. The molecule has 0 saturated carbocycles. The number of carbonyl (C=O) groups is 3. The molecule has 0 spiro atoms. The van der Waals surface area contributed by atoms with Crippen LogP contribution >= 0.6 is 27.7 Å². The van der Waals surface area contributed by atoms with Gasteiger partial charge in [0, 0.05) is 16.1 Å². The molecule has 1 saturated heterocycles. The first-order valence-electron chi connectivity index (χ1n) is 10.4. The number of carbonyl (C=O) groups excluding carboxylic acids is 3. The molecule has 4 rings (SSSR count). The minimum atomic E-state index is -0.783. The molecule has 0 atom stereocenters. The Kier molecular flexibility index (Phi) is 7.45. The summed E-state index contributed by atoms with van der Waals surface area (Å²) in [5, 5.41) is 21.6. The topological polar surface area (TPSA) is 150 Å². The molecular weight excluding hydrogens is 570 g/mol. The van der Waals surface area contributed by atoms with Gasteiger partial charge in [-0.05, 0) is 53.7 Å². The van der Waals surface area contributed by atoms with Crippen LogP contribution in [0.25, 0.3) is 6.08 Å². The van der Waals surface area contributed by atoms with Crippen molar-refractivity contribution >= 4 is 62.1 Å². The van der Waals surface area contributed by atoms with Crippen LogP contribution in [-0.4, -0.2) is 38.2 Å². The van der Waals surface area contributed by atoms with Gasteiger partial charge in [-0.25, -0.2) is 0 Å². The second kappa shape index (κ2) is 10.7. The number of imide groups is 1. The average molecular weight is 584 g/mol. The van der Waals surface area contributed by atoms with Crippen LogP contribution in [0.1, 0.15) is 15.9 Å². The van der Waals surface area contributed by atoms with E-state index in [-0.39, 0.29) is 28.7 Å². The maximum Gasteiger partial charge on any atom is 0.318 e. The standard InChI is InChI=1S/C24H14BrN3O8S/c25-16-5-3-15(4-6-16)20(29)13-26-23(30)22(37-24(26)31)11-14-1-8-18(9-2-14)36-21-10-7-17(27(32)33)12-19(21)28(34)35/h1-12H,13H2/b22-11+. The van der Waals surface area contributed by atoms with E-state index in [1.807, 2.05) is 0 Å². The smallest absolute Gasteiger partial charge is 0.318 e. The predicted molar refractivity (Wildman–Crippen MR) is 137 cm³/mol. The predicted octanol–water partition coefficient (Wildman–Crippen LogP) is 5.98. The number of halogens is 1. The van der Waals surface area contributed by atoms with Crippen molar-refractivity contribution in [2.75, 3.05) is 6.54 Å². The van der Waals surface area contributed by atoms with Crippen LogP contribution in [0.5, 0.6) is 11.5 Å². The number of non-ortho nitro benzene ring substituents is 1. The number of ether oxygens (including phenoxy) is 1. The third kappa shape index (κ3) is 5.90. The number of nitro benzene ring substituents is 2. The summed E-state index contributed by atoms with van der Waals surface area (Å²) < 4.78 is 6.31. The zero-order valence-electron chi connectivity index (χ0n) is 18.5. The Labute approximate surface area is 221 Å². The average Bonchev–Trinajstić information content (AvgIpc) is 3.12. The fourth-order valence-electron chi connectivity index (χ4n) is 3.27. The molecule has 0 bridgehead atoms. The van der Waals surface area contributed by atoms with Gasteiger partial charge in [-0.3, -0.25) is 39.5 Å². The molecule has 37 heavy (non-hydrogen) atoms. The van der Waals surface area contributed by atoms with E-state index in [2.05, 4.69) is 15.9 Å². The number of Topliss-reactive ketones (excluding diaryl/α,β-unsaturated/α-hetero) is 1. The summed E-state index contributed by atoms with van der Waals surface area (Å²) in [6.45, 7) is -0.384. The van der Waals surface area contributed by atoms with Crippen molar-refractivity contribution in [3.05, 3.63) is 107 Å². The molecule has 1 fully saturated rings. The van der Waals surface area contributed by atoms with Crippen molar-refractivity contribution in [3.63, 3.8) is 0 Å². The molecular formula is C24H14BrN3O8S. The molecule has 1 heterocycles. The van der Waals surface area contributed by atoms with Gasteiger partial charge in [-0.2, -0.15) is 0 Å². The van der Waals surface area contributed by atoms with Crippen molar-refractivity contribution in [1.82, 2.24) is 4.90 Å². The third-order valence-electron chi connectivity index (χ3n) is 5.10. The summed E-state index contributed by atoms with van der Waals surface area (Å²) in [5.74, 6) is -0.942. The Bertz CT molecular complexity index is 1470. The normalized spacial score (nSPS) is 14.2. The molecule has 0 N–H and O–H groups in total. The van der Waals surface area contributed by atoms with E-state index in [9.17, 15) is 34.6 Å². The number of ketones is 1. The lowest BCUT2D eigenvalue weighted by Crippen LogP contribution is -2.33. The first-order chi connectivity index (χ1) is 17.6. The van der Waals surface area contributed by atoms with Crippen LogP contribution in [0.3, 0.4) is 0 Å². The Hall–Kier alpha value is -4.36. The van der Waals surface area contributed by atoms with E-state index in [0.29, 0.717) is 22.9 Å². The number of nitrogens with zero attached hydrogens (tertiary/aromatic N) is 3. The molecule has 0 aromatic heterocycles. The highest BCUT2D eigenvalue weighted by Gasteiger charge is 2.36. The Balaban J connectivity index is 1.47. The maximum atomic E-state index is 12.7. The van der Waals surface area contributed by atoms with E-state index in [1.54, 1.807) is 36.4 Å². The summed E-state index contributed by atoms with van der Waals surface area (Å²) in [4.78, 5) is 59.3. The summed E-state index contributed by atoms with van der Waals surface area (Å²) in [7, 11) is 0. The van der Waals surface area contributed by atoms with Gasteiger partial charge in [-0.1, -0.05) is 40.2 Å². The molecule has 1 aliphatic rings. The van der Waals surface area contributed by atoms with Crippen molar-refractivity contribution in [1.29, 1.82) is 0 Å². The number of nitro groups is 2. The SMILES string of the molecule is O=C(CN1C(=O)S/C(=C/c2ccc(Oc3ccc([N+](=O)[O-])cc3[N+](=O)[O-])cc2)C1=O)c1ccc(Br)cc1. The van der Waals surface area contributed by atoms with Gasteiger partial charge >= 0.3 is 5.69 Å². The number of rotatable bonds is 8. The second-order valence-corrected chi connectivity index (χ2v) is 9.44. The molecule has 186 valence electrons. The third-order valence-corrected chi connectivity index (χ3v) is 6.53. The molecule has 0 unspecified atom stereocenters. The molecule has 0 radical (unpaired) electrons. The molecule has 13 heteroatoms. The quantitative estimate of drug-likeness (QED) is 0.135. The summed E-state index contributed by atoms with van der Waals surface area (Å²) in [6, 6.07) is 15.7. The monoisotopic (exact) mass is 583 g/mol. The van der Waals surface area contributed by atoms with Crippen LogP contribution in [0.4, 0.5) is 16.2 Å². The van der Waals surface area contributed by atoms with Gasteiger partial charge in [0.25, 0.3) is 16.8 Å². The molecule has 2 amide bonds. The minimum Gasteiger partial charge on any atom is -0.450 e.